The number of carbonyl (C=O) groups is 1. The predicted octanol–water partition coefficient (Wildman–Crippen LogP) is 4.37. The molecule has 0 saturated heterocycles. The fourth-order valence-corrected chi connectivity index (χ4v) is 3.94. The van der Waals surface area contributed by atoms with Gasteiger partial charge in [-0.25, -0.2) is 5.01 Å². The molecule has 0 radical (unpaired) electrons. The van der Waals surface area contributed by atoms with Gasteiger partial charge >= 0.3 is 0 Å². The van der Waals surface area contributed by atoms with Crippen LogP contribution in [0.2, 0.25) is 0 Å². The highest BCUT2D eigenvalue weighted by atomic mass is 16.5. The number of Topliss-reactive ketones (excluding diaryl/α,β-unsaturated/α-hetero) is 1. The first kappa shape index (κ1) is 16.8. The van der Waals surface area contributed by atoms with E-state index in [-0.39, 0.29) is 11.8 Å². The molecule has 0 aromatic heterocycles. The minimum atomic E-state index is -0.707. The zero-order valence-electron chi connectivity index (χ0n) is 15.4. The van der Waals surface area contributed by atoms with E-state index >= 15 is 0 Å². The second kappa shape index (κ2) is 6.97. The number of para-hydroxylation sites is 1. The topological polar surface area (TPSA) is 41.9 Å². The van der Waals surface area contributed by atoms with Crippen molar-refractivity contribution >= 4 is 11.5 Å². The summed E-state index contributed by atoms with van der Waals surface area (Å²) in [5.41, 5.74) is 4.14. The molecule has 4 nitrogen and oxygen atoms in total. The van der Waals surface area contributed by atoms with Gasteiger partial charge in [-0.2, -0.15) is 5.10 Å². The van der Waals surface area contributed by atoms with Crippen LogP contribution in [0.25, 0.3) is 0 Å². The van der Waals surface area contributed by atoms with Gasteiger partial charge in [0.2, 0.25) is 6.23 Å². The molecule has 0 fully saturated rings. The molecule has 0 aliphatic carbocycles. The van der Waals surface area contributed by atoms with Gasteiger partial charge in [0.05, 0.1) is 11.8 Å². The van der Waals surface area contributed by atoms with Crippen molar-refractivity contribution in [1.29, 1.82) is 0 Å². The second-order valence-corrected chi connectivity index (χ2v) is 7.15. The maximum atomic E-state index is 13.1. The molecule has 0 amide bonds. The molecule has 2 heterocycles. The summed E-state index contributed by atoms with van der Waals surface area (Å²) in [5.74, 6) is 0.795. The second-order valence-electron chi connectivity index (χ2n) is 7.15. The number of ketones is 1. The monoisotopic (exact) mass is 368 g/mol. The Hall–Kier alpha value is -3.40. The molecular formula is C24H20N2O2. The molecule has 3 aromatic rings. The zero-order chi connectivity index (χ0) is 18.9. The van der Waals surface area contributed by atoms with Crippen LogP contribution in [-0.2, 0) is 11.2 Å². The van der Waals surface area contributed by atoms with Gasteiger partial charge in [0.1, 0.15) is 5.75 Å². The van der Waals surface area contributed by atoms with E-state index < -0.39 is 6.23 Å². The van der Waals surface area contributed by atoms with Crippen molar-refractivity contribution in [3.63, 3.8) is 0 Å². The molecule has 4 heteroatoms. The Balaban J connectivity index is 1.50. The average Bonchev–Trinajstić information content (AvgIpc) is 3.20. The Bertz CT molecular complexity index is 1030. The molecule has 0 N–H and O–H groups in total. The lowest BCUT2D eigenvalue weighted by molar-refractivity contribution is -0.137. The first-order valence-corrected chi connectivity index (χ1v) is 9.53. The number of hydrogen-bond donors (Lipinski definition) is 0. The minimum Gasteiger partial charge on any atom is -0.461 e. The molecule has 2 aliphatic rings. The van der Waals surface area contributed by atoms with Crippen molar-refractivity contribution in [2.75, 3.05) is 0 Å². The SMILES string of the molecule is O=C(Cc1ccccc1)C1Oc2ccccc2C2CC(c3ccccc3)=NN12. The zero-order valence-corrected chi connectivity index (χ0v) is 15.4. The quantitative estimate of drug-likeness (QED) is 0.687. The van der Waals surface area contributed by atoms with E-state index in [1.165, 1.54) is 0 Å². The Morgan fingerprint density at radius 1 is 0.929 bits per heavy atom. The number of carbonyl (C=O) groups excluding carboxylic acids is 1. The summed E-state index contributed by atoms with van der Waals surface area (Å²) in [6.07, 6.45) is 0.383. The number of benzene rings is 3. The smallest absolute Gasteiger partial charge is 0.247 e. The Kier molecular flexibility index (Phi) is 4.17. The van der Waals surface area contributed by atoms with Gasteiger partial charge in [-0.05, 0) is 17.2 Å². The summed E-state index contributed by atoms with van der Waals surface area (Å²) >= 11 is 0. The van der Waals surface area contributed by atoms with Gasteiger partial charge in [0.25, 0.3) is 0 Å². The summed E-state index contributed by atoms with van der Waals surface area (Å²) in [6, 6.07) is 27.9. The van der Waals surface area contributed by atoms with E-state index in [1.807, 2.05) is 71.7 Å². The lowest BCUT2D eigenvalue weighted by atomic mass is 9.96. The third-order valence-electron chi connectivity index (χ3n) is 5.30. The first-order chi connectivity index (χ1) is 13.8. The van der Waals surface area contributed by atoms with Gasteiger partial charge in [0.15, 0.2) is 5.78 Å². The third kappa shape index (κ3) is 2.97. The van der Waals surface area contributed by atoms with Crippen LogP contribution in [0.1, 0.15) is 29.2 Å². The molecule has 5 rings (SSSR count). The van der Waals surface area contributed by atoms with Crippen molar-refractivity contribution in [1.82, 2.24) is 5.01 Å². The van der Waals surface area contributed by atoms with E-state index in [9.17, 15) is 4.79 Å². The fourth-order valence-electron chi connectivity index (χ4n) is 3.94. The van der Waals surface area contributed by atoms with Gasteiger partial charge in [-0.3, -0.25) is 4.79 Å². The van der Waals surface area contributed by atoms with E-state index in [4.69, 9.17) is 9.84 Å². The van der Waals surface area contributed by atoms with Crippen molar-refractivity contribution in [2.45, 2.75) is 25.1 Å². The number of nitrogens with zero attached hydrogens (tertiary/aromatic N) is 2. The number of hydrogen-bond acceptors (Lipinski definition) is 4. The molecule has 2 aliphatic heterocycles. The highest BCUT2D eigenvalue weighted by molar-refractivity contribution is 6.02. The van der Waals surface area contributed by atoms with Crippen molar-refractivity contribution < 1.29 is 9.53 Å². The number of rotatable bonds is 4. The van der Waals surface area contributed by atoms with E-state index in [1.54, 1.807) is 0 Å². The molecule has 138 valence electrons. The van der Waals surface area contributed by atoms with Crippen LogP contribution >= 0.6 is 0 Å². The standard InChI is InChI=1S/C24H20N2O2/c27-22(15-17-9-3-1-4-10-17)24-26-21(19-13-7-8-14-23(19)28-24)16-20(25-26)18-11-5-2-6-12-18/h1-14,21,24H,15-16H2. The summed E-state index contributed by atoms with van der Waals surface area (Å²) in [4.78, 5) is 13.1. The van der Waals surface area contributed by atoms with Gasteiger partial charge < -0.3 is 4.74 Å². The summed E-state index contributed by atoms with van der Waals surface area (Å²) in [6.45, 7) is 0. The Labute approximate surface area is 164 Å². The molecule has 28 heavy (non-hydrogen) atoms. The van der Waals surface area contributed by atoms with Crippen LogP contribution in [0, 0.1) is 0 Å². The molecule has 0 bridgehead atoms. The maximum absolute atomic E-state index is 13.1. The van der Waals surface area contributed by atoms with E-state index in [0.29, 0.717) is 6.42 Å². The van der Waals surface area contributed by atoms with Crippen LogP contribution in [0.15, 0.2) is 90.0 Å². The largest absolute Gasteiger partial charge is 0.461 e. The highest BCUT2D eigenvalue weighted by Crippen LogP contribution is 2.43. The highest BCUT2D eigenvalue weighted by Gasteiger charge is 2.43. The van der Waals surface area contributed by atoms with Crippen molar-refractivity contribution in [3.8, 4) is 5.75 Å². The van der Waals surface area contributed by atoms with Crippen LogP contribution in [-0.4, -0.2) is 22.7 Å². The third-order valence-corrected chi connectivity index (χ3v) is 5.30. The summed E-state index contributed by atoms with van der Waals surface area (Å²) in [5, 5.41) is 6.68. The summed E-state index contributed by atoms with van der Waals surface area (Å²) < 4.78 is 6.13. The van der Waals surface area contributed by atoms with Gasteiger partial charge in [-0.15, -0.1) is 0 Å². The Morgan fingerprint density at radius 3 is 2.39 bits per heavy atom. The van der Waals surface area contributed by atoms with E-state index in [0.717, 1.165) is 34.6 Å². The molecule has 2 unspecified atom stereocenters. The minimum absolute atomic E-state index is 0.0174. The van der Waals surface area contributed by atoms with Crippen LogP contribution in [0.5, 0.6) is 5.75 Å². The van der Waals surface area contributed by atoms with Gasteiger partial charge in [0, 0.05) is 18.4 Å². The Morgan fingerprint density at radius 2 is 1.61 bits per heavy atom. The molecule has 0 saturated carbocycles. The lowest BCUT2D eigenvalue weighted by Gasteiger charge is -2.37. The number of hydrazone groups is 1. The molecule has 3 aromatic carbocycles. The molecule has 2 atom stereocenters. The molecular weight excluding hydrogens is 348 g/mol. The normalized spacial score (nSPS) is 20.0. The van der Waals surface area contributed by atoms with Crippen molar-refractivity contribution in [3.05, 3.63) is 102 Å². The number of ether oxygens (including phenoxy) is 1. The summed E-state index contributed by atoms with van der Waals surface area (Å²) in [7, 11) is 0. The number of fused-ring (bicyclic) bond motifs is 3. The van der Waals surface area contributed by atoms with Crippen LogP contribution in [0.3, 0.4) is 0 Å². The first-order valence-electron chi connectivity index (χ1n) is 9.53. The van der Waals surface area contributed by atoms with Crippen LogP contribution < -0.4 is 4.74 Å². The molecule has 0 spiro atoms. The van der Waals surface area contributed by atoms with Gasteiger partial charge in [-0.1, -0.05) is 78.9 Å². The lowest BCUT2D eigenvalue weighted by Crippen LogP contribution is -2.46. The predicted molar refractivity (Wildman–Crippen MR) is 108 cm³/mol. The maximum Gasteiger partial charge on any atom is 0.247 e. The fraction of sp³-hybridized carbons (Fsp3) is 0.167. The average molecular weight is 368 g/mol. The van der Waals surface area contributed by atoms with E-state index in [2.05, 4.69) is 18.2 Å². The van der Waals surface area contributed by atoms with Crippen LogP contribution in [0.4, 0.5) is 0 Å². The van der Waals surface area contributed by atoms with Crippen molar-refractivity contribution in [2.24, 2.45) is 5.10 Å².